The van der Waals surface area contributed by atoms with Gasteiger partial charge in [-0.2, -0.15) is 12.7 Å². The molecule has 0 radical (unpaired) electrons. The Morgan fingerprint density at radius 2 is 1.68 bits per heavy atom. The summed E-state index contributed by atoms with van der Waals surface area (Å²) >= 11 is 1.92. The highest BCUT2D eigenvalue weighted by atomic mass is 127. The van der Waals surface area contributed by atoms with Crippen LogP contribution in [0.4, 0.5) is 30.2 Å². The summed E-state index contributed by atoms with van der Waals surface area (Å²) in [6.07, 6.45) is 1.27. The Morgan fingerprint density at radius 1 is 1.03 bits per heavy atom. The first-order valence-electron chi connectivity index (χ1n) is 9.81. The Kier molecular flexibility index (Phi) is 7.71. The van der Waals surface area contributed by atoms with E-state index in [9.17, 15) is 21.6 Å². The van der Waals surface area contributed by atoms with Crippen LogP contribution in [-0.2, 0) is 10.2 Å². The molecule has 0 spiro atoms. The average molecular weight is 568 g/mol. The molecule has 0 atom stereocenters. The highest BCUT2D eigenvalue weighted by Gasteiger charge is 2.29. The van der Waals surface area contributed by atoms with Crippen molar-refractivity contribution in [3.8, 4) is 0 Å². The minimum atomic E-state index is -4.02. The highest BCUT2D eigenvalue weighted by Crippen LogP contribution is 2.33. The number of anilines is 3. The molecule has 0 unspecified atom stereocenters. The normalized spacial score (nSPS) is 16.0. The van der Waals surface area contributed by atoms with Gasteiger partial charge < -0.3 is 10.6 Å². The molecular weight excluding hydrogens is 544 g/mol. The molecule has 0 aliphatic carbocycles. The Labute approximate surface area is 193 Å². The van der Waals surface area contributed by atoms with Crippen molar-refractivity contribution >= 4 is 49.9 Å². The summed E-state index contributed by atoms with van der Waals surface area (Å²) in [6.45, 7) is 4.63. The van der Waals surface area contributed by atoms with Crippen molar-refractivity contribution < 1.29 is 21.6 Å². The third-order valence-electron chi connectivity index (χ3n) is 4.89. The Morgan fingerprint density at radius 3 is 2.29 bits per heavy atom. The molecule has 1 saturated heterocycles. The predicted molar refractivity (Wildman–Crippen MR) is 124 cm³/mol. The summed E-state index contributed by atoms with van der Waals surface area (Å²) in [7, 11) is -4.02. The number of nitrogens with one attached hydrogen (secondary N) is 3. The number of halogens is 4. The van der Waals surface area contributed by atoms with Gasteiger partial charge in [-0.1, -0.05) is 13.8 Å². The molecule has 170 valence electrons. The van der Waals surface area contributed by atoms with E-state index < -0.39 is 33.3 Å². The number of hydrogen-bond acceptors (Lipinski definition) is 4. The fraction of sp³-hybridized carbons (Fsp3) is 0.400. The lowest BCUT2D eigenvalue weighted by Gasteiger charge is -2.33. The zero-order chi connectivity index (χ0) is 22.8. The van der Waals surface area contributed by atoms with E-state index in [1.54, 1.807) is 6.07 Å². The fourth-order valence-electron chi connectivity index (χ4n) is 3.42. The number of nitrogens with zero attached hydrogens (tertiary/aromatic N) is 1. The lowest BCUT2D eigenvalue weighted by Crippen LogP contribution is -2.48. The van der Waals surface area contributed by atoms with Gasteiger partial charge in [-0.3, -0.25) is 4.72 Å². The lowest BCUT2D eigenvalue weighted by molar-refractivity contribution is 0.281. The van der Waals surface area contributed by atoms with Gasteiger partial charge in [0.1, 0.15) is 11.5 Å². The molecule has 3 N–H and O–H groups in total. The van der Waals surface area contributed by atoms with Crippen LogP contribution >= 0.6 is 22.6 Å². The van der Waals surface area contributed by atoms with Crippen LogP contribution in [0.2, 0.25) is 0 Å². The van der Waals surface area contributed by atoms with Crippen LogP contribution in [0.5, 0.6) is 0 Å². The zero-order valence-electron chi connectivity index (χ0n) is 17.1. The molecule has 3 rings (SSSR count). The maximum Gasteiger partial charge on any atom is 0.301 e. The van der Waals surface area contributed by atoms with Gasteiger partial charge in [0.2, 0.25) is 0 Å². The maximum atomic E-state index is 14.5. The molecule has 0 saturated carbocycles. The van der Waals surface area contributed by atoms with Crippen LogP contribution in [-0.4, -0.2) is 37.9 Å². The molecule has 1 aliphatic heterocycles. The third kappa shape index (κ3) is 6.02. The topological polar surface area (TPSA) is 73.5 Å². The van der Waals surface area contributed by atoms with Crippen LogP contribution in [0.25, 0.3) is 0 Å². The van der Waals surface area contributed by atoms with Crippen LogP contribution < -0.4 is 15.4 Å². The Hall–Kier alpha value is -1.57. The number of piperidine rings is 1. The van der Waals surface area contributed by atoms with Gasteiger partial charge in [0.15, 0.2) is 11.6 Å². The monoisotopic (exact) mass is 568 g/mol. The first-order valence-corrected chi connectivity index (χ1v) is 12.3. The van der Waals surface area contributed by atoms with E-state index in [2.05, 4.69) is 15.4 Å². The average Bonchev–Trinajstić information content (AvgIpc) is 2.69. The van der Waals surface area contributed by atoms with Crippen LogP contribution in [0.1, 0.15) is 26.7 Å². The molecule has 0 aromatic heterocycles. The van der Waals surface area contributed by atoms with E-state index in [0.717, 1.165) is 12.1 Å². The van der Waals surface area contributed by atoms with Gasteiger partial charge in [-0.15, -0.1) is 0 Å². The summed E-state index contributed by atoms with van der Waals surface area (Å²) in [5, 5.41) is 5.87. The standard InChI is InChI=1S/C20H24F3IN4O2S/c1-12(2)25-14-7-9-28(10-8-14)31(29,30)27-18-6-4-15(21)19(23)20(18)26-17-5-3-13(24)11-16(17)22/h3-6,11-12,14,25-27H,7-10H2,1-2H3. The van der Waals surface area contributed by atoms with Crippen molar-refractivity contribution in [2.24, 2.45) is 0 Å². The number of rotatable bonds is 7. The van der Waals surface area contributed by atoms with Crippen molar-refractivity contribution in [2.45, 2.75) is 38.8 Å². The molecule has 1 fully saturated rings. The molecule has 1 aliphatic rings. The van der Waals surface area contributed by atoms with E-state index in [4.69, 9.17) is 0 Å². The van der Waals surface area contributed by atoms with Crippen molar-refractivity contribution in [3.05, 3.63) is 51.4 Å². The third-order valence-corrected chi connectivity index (χ3v) is 7.08. The molecule has 2 aromatic carbocycles. The second kappa shape index (κ2) is 9.92. The fourth-order valence-corrected chi connectivity index (χ4v) is 5.14. The van der Waals surface area contributed by atoms with Gasteiger partial charge >= 0.3 is 10.2 Å². The molecule has 0 amide bonds. The van der Waals surface area contributed by atoms with E-state index in [0.29, 0.717) is 22.5 Å². The zero-order valence-corrected chi connectivity index (χ0v) is 20.0. The maximum absolute atomic E-state index is 14.5. The summed E-state index contributed by atoms with van der Waals surface area (Å²) in [4.78, 5) is 0. The van der Waals surface area contributed by atoms with Crippen molar-refractivity contribution in [1.29, 1.82) is 0 Å². The smallest absolute Gasteiger partial charge is 0.301 e. The van der Waals surface area contributed by atoms with Gasteiger partial charge in [-0.05, 0) is 65.8 Å². The van der Waals surface area contributed by atoms with E-state index in [-0.39, 0.29) is 30.5 Å². The first kappa shape index (κ1) is 24.1. The summed E-state index contributed by atoms with van der Waals surface area (Å²) in [6, 6.07) is 6.62. The summed E-state index contributed by atoms with van der Waals surface area (Å²) < 4.78 is 72.6. The van der Waals surface area contributed by atoms with Crippen molar-refractivity contribution in [3.63, 3.8) is 0 Å². The first-order chi connectivity index (χ1) is 14.6. The quantitative estimate of drug-likeness (QED) is 0.428. The number of benzene rings is 2. The van der Waals surface area contributed by atoms with E-state index >= 15 is 0 Å². The van der Waals surface area contributed by atoms with Crippen molar-refractivity contribution in [1.82, 2.24) is 9.62 Å². The van der Waals surface area contributed by atoms with Gasteiger partial charge in [0.05, 0.1) is 11.4 Å². The second-order valence-electron chi connectivity index (χ2n) is 7.63. The van der Waals surface area contributed by atoms with Crippen molar-refractivity contribution in [2.75, 3.05) is 23.1 Å². The molecule has 6 nitrogen and oxygen atoms in total. The Bertz CT molecular complexity index is 1040. The molecule has 11 heteroatoms. The Balaban J connectivity index is 1.82. The molecule has 2 aromatic rings. The van der Waals surface area contributed by atoms with Gasteiger partial charge in [0.25, 0.3) is 0 Å². The SMILES string of the molecule is CC(C)NC1CCN(S(=O)(=O)Nc2ccc(F)c(F)c2Nc2ccc(I)cc2F)CC1. The highest BCUT2D eigenvalue weighted by molar-refractivity contribution is 14.1. The van der Waals surface area contributed by atoms with Gasteiger partial charge in [0, 0.05) is 28.7 Å². The lowest BCUT2D eigenvalue weighted by atomic mass is 10.1. The number of hydrogen-bond donors (Lipinski definition) is 3. The molecule has 31 heavy (non-hydrogen) atoms. The van der Waals surface area contributed by atoms with Crippen LogP contribution in [0.3, 0.4) is 0 Å². The summed E-state index contributed by atoms with van der Waals surface area (Å²) in [5.74, 6) is -3.17. The molecule has 1 heterocycles. The minimum absolute atomic E-state index is 0.106. The van der Waals surface area contributed by atoms with E-state index in [1.807, 2.05) is 36.4 Å². The molecular formula is C20H24F3IN4O2S. The van der Waals surface area contributed by atoms with E-state index in [1.165, 1.54) is 16.4 Å². The largest absolute Gasteiger partial charge is 0.349 e. The minimum Gasteiger partial charge on any atom is -0.349 e. The van der Waals surface area contributed by atoms with Crippen LogP contribution in [0.15, 0.2) is 30.3 Å². The molecule has 0 bridgehead atoms. The summed E-state index contributed by atoms with van der Waals surface area (Å²) in [5.41, 5.74) is -0.801. The predicted octanol–water partition coefficient (Wildman–Crippen LogP) is 4.57. The van der Waals surface area contributed by atoms with Gasteiger partial charge in [-0.25, -0.2) is 13.2 Å². The second-order valence-corrected chi connectivity index (χ2v) is 10.6. The van der Waals surface area contributed by atoms with Crippen LogP contribution in [0, 0.1) is 21.0 Å².